The lowest BCUT2D eigenvalue weighted by Gasteiger charge is -2.11. The molecule has 1 aromatic carbocycles. The summed E-state index contributed by atoms with van der Waals surface area (Å²) in [7, 11) is 1.72. The van der Waals surface area contributed by atoms with Gasteiger partial charge in [0.1, 0.15) is 16.9 Å². The molecule has 1 atom stereocenters. The minimum atomic E-state index is -0.472. The number of nitriles is 1. The predicted molar refractivity (Wildman–Crippen MR) is 99.4 cm³/mol. The highest BCUT2D eigenvalue weighted by Gasteiger charge is 2.21. The Morgan fingerprint density at radius 2 is 2.15 bits per heavy atom. The molecule has 132 valence electrons. The molecule has 0 aliphatic heterocycles. The predicted octanol–water partition coefficient (Wildman–Crippen LogP) is 3.67. The third-order valence-corrected chi connectivity index (χ3v) is 5.59. The first kappa shape index (κ1) is 18.1. The molecule has 1 amide bonds. The molecule has 0 fully saturated rings. The molecule has 0 bridgehead atoms. The summed E-state index contributed by atoms with van der Waals surface area (Å²) in [5.41, 5.74) is 0.782. The van der Waals surface area contributed by atoms with Gasteiger partial charge in [-0.1, -0.05) is 23.9 Å². The molecule has 9 heteroatoms. The molecule has 0 aliphatic rings. The van der Waals surface area contributed by atoms with E-state index in [0.717, 1.165) is 0 Å². The Kier molecular flexibility index (Phi) is 5.35. The van der Waals surface area contributed by atoms with Gasteiger partial charge in [0.15, 0.2) is 11.0 Å². The van der Waals surface area contributed by atoms with Gasteiger partial charge >= 0.3 is 0 Å². The summed E-state index contributed by atoms with van der Waals surface area (Å²) < 4.78 is 15.6. The highest BCUT2D eigenvalue weighted by Crippen LogP contribution is 2.28. The second kappa shape index (κ2) is 7.68. The van der Waals surface area contributed by atoms with Crippen molar-refractivity contribution in [3.8, 4) is 17.5 Å². The maximum atomic E-state index is 14.0. The molecular formula is C17H14FN5OS2. The van der Waals surface area contributed by atoms with Gasteiger partial charge in [0, 0.05) is 7.05 Å². The Morgan fingerprint density at radius 1 is 1.38 bits per heavy atom. The number of benzene rings is 1. The number of rotatable bonds is 5. The van der Waals surface area contributed by atoms with Gasteiger partial charge in [-0.15, -0.1) is 21.5 Å². The molecule has 0 saturated heterocycles. The number of thiophene rings is 1. The first-order valence-electron chi connectivity index (χ1n) is 7.60. The number of nitrogens with one attached hydrogen (secondary N) is 1. The monoisotopic (exact) mass is 387 g/mol. The number of hydrogen-bond acceptors (Lipinski definition) is 6. The number of aromatic nitrogens is 3. The molecule has 3 aromatic rings. The molecule has 3 rings (SSSR count). The lowest BCUT2D eigenvalue weighted by Crippen LogP contribution is -2.22. The molecule has 0 unspecified atom stereocenters. The zero-order valence-electron chi connectivity index (χ0n) is 13.9. The second-order valence-electron chi connectivity index (χ2n) is 5.37. The number of carbonyl (C=O) groups excluding carboxylic acids is 1. The highest BCUT2D eigenvalue weighted by atomic mass is 32.2. The van der Waals surface area contributed by atoms with Crippen molar-refractivity contribution in [2.75, 3.05) is 5.32 Å². The molecule has 2 heterocycles. The summed E-state index contributed by atoms with van der Waals surface area (Å²) in [5, 5.41) is 22.2. The van der Waals surface area contributed by atoms with Crippen LogP contribution in [0.1, 0.15) is 12.5 Å². The van der Waals surface area contributed by atoms with Crippen LogP contribution in [0, 0.1) is 17.1 Å². The van der Waals surface area contributed by atoms with Crippen LogP contribution in [-0.2, 0) is 11.8 Å². The SMILES string of the molecule is C[C@@H](Sc1nnc(-c2ccccc2F)n1C)C(=O)Nc1sccc1C#N. The van der Waals surface area contributed by atoms with Crippen LogP contribution in [0.5, 0.6) is 0 Å². The quantitative estimate of drug-likeness (QED) is 0.675. The smallest absolute Gasteiger partial charge is 0.238 e. The van der Waals surface area contributed by atoms with Crippen molar-refractivity contribution in [2.45, 2.75) is 17.3 Å². The first-order valence-corrected chi connectivity index (χ1v) is 9.36. The number of amides is 1. The van der Waals surface area contributed by atoms with Crippen LogP contribution in [0.15, 0.2) is 40.9 Å². The van der Waals surface area contributed by atoms with Gasteiger partial charge in [-0.3, -0.25) is 4.79 Å². The summed E-state index contributed by atoms with van der Waals surface area (Å²) in [4.78, 5) is 12.4. The van der Waals surface area contributed by atoms with Gasteiger partial charge in [-0.05, 0) is 30.5 Å². The van der Waals surface area contributed by atoms with Crippen molar-refractivity contribution in [2.24, 2.45) is 7.05 Å². The van der Waals surface area contributed by atoms with Crippen molar-refractivity contribution >= 4 is 34.0 Å². The van der Waals surface area contributed by atoms with Gasteiger partial charge in [-0.2, -0.15) is 5.26 Å². The van der Waals surface area contributed by atoms with Crippen LogP contribution in [0.2, 0.25) is 0 Å². The zero-order valence-corrected chi connectivity index (χ0v) is 15.6. The summed E-state index contributed by atoms with van der Waals surface area (Å²) in [6, 6.07) is 10.0. The summed E-state index contributed by atoms with van der Waals surface area (Å²) >= 11 is 2.51. The average Bonchev–Trinajstić information content (AvgIpc) is 3.22. The molecule has 26 heavy (non-hydrogen) atoms. The molecule has 1 N–H and O–H groups in total. The van der Waals surface area contributed by atoms with Crippen LogP contribution in [0.3, 0.4) is 0 Å². The molecule has 2 aromatic heterocycles. The Morgan fingerprint density at radius 3 is 2.88 bits per heavy atom. The first-order chi connectivity index (χ1) is 12.5. The standard InChI is InChI=1S/C17H14FN5OS2/c1-10(15(24)20-16-11(9-19)7-8-25-16)26-17-22-21-14(23(17)2)12-5-3-4-6-13(12)18/h3-8,10H,1-2H3,(H,20,24)/t10-/m1/s1. The Hall–Kier alpha value is -2.70. The van der Waals surface area contributed by atoms with Crippen molar-refractivity contribution < 1.29 is 9.18 Å². The van der Waals surface area contributed by atoms with Crippen LogP contribution in [0.4, 0.5) is 9.39 Å². The molecule has 0 saturated carbocycles. The Labute approximate surface area is 157 Å². The molecule has 0 radical (unpaired) electrons. The molecular weight excluding hydrogens is 373 g/mol. The normalized spacial score (nSPS) is 11.8. The summed E-state index contributed by atoms with van der Waals surface area (Å²) in [6.45, 7) is 1.73. The fourth-order valence-corrected chi connectivity index (χ4v) is 3.77. The minimum absolute atomic E-state index is 0.246. The minimum Gasteiger partial charge on any atom is -0.316 e. The van der Waals surface area contributed by atoms with Gasteiger partial charge in [0.05, 0.1) is 16.4 Å². The fraction of sp³-hybridized carbons (Fsp3) is 0.176. The largest absolute Gasteiger partial charge is 0.316 e. The van der Waals surface area contributed by atoms with E-state index in [4.69, 9.17) is 5.26 Å². The molecule has 6 nitrogen and oxygen atoms in total. The van der Waals surface area contributed by atoms with Crippen LogP contribution < -0.4 is 5.32 Å². The number of hydrogen-bond donors (Lipinski definition) is 1. The maximum absolute atomic E-state index is 14.0. The maximum Gasteiger partial charge on any atom is 0.238 e. The van der Waals surface area contributed by atoms with E-state index in [9.17, 15) is 9.18 Å². The number of thioether (sulfide) groups is 1. The molecule has 0 aliphatic carbocycles. The fourth-order valence-electron chi connectivity index (χ4n) is 2.21. The van der Waals surface area contributed by atoms with E-state index < -0.39 is 5.25 Å². The van der Waals surface area contributed by atoms with E-state index in [1.165, 1.54) is 29.2 Å². The highest BCUT2D eigenvalue weighted by molar-refractivity contribution is 8.00. The van der Waals surface area contributed by atoms with Gasteiger partial charge < -0.3 is 9.88 Å². The zero-order chi connectivity index (χ0) is 18.7. The van der Waals surface area contributed by atoms with Crippen LogP contribution >= 0.6 is 23.1 Å². The lowest BCUT2D eigenvalue weighted by atomic mass is 10.2. The second-order valence-corrected chi connectivity index (χ2v) is 7.59. The number of anilines is 1. The number of halogens is 1. The van der Waals surface area contributed by atoms with E-state index in [1.54, 1.807) is 48.2 Å². The topological polar surface area (TPSA) is 83.6 Å². The van der Waals surface area contributed by atoms with E-state index in [-0.39, 0.29) is 11.7 Å². The van der Waals surface area contributed by atoms with Crippen LogP contribution in [0.25, 0.3) is 11.4 Å². The summed E-state index contributed by atoms with van der Waals surface area (Å²) in [6.07, 6.45) is 0. The van der Waals surface area contributed by atoms with Gasteiger partial charge in [-0.25, -0.2) is 4.39 Å². The Bertz CT molecular complexity index is 991. The Balaban J connectivity index is 1.74. The third-order valence-electron chi connectivity index (χ3n) is 3.62. The van der Waals surface area contributed by atoms with Gasteiger partial charge in [0.25, 0.3) is 0 Å². The van der Waals surface area contributed by atoms with Crippen molar-refractivity contribution in [1.82, 2.24) is 14.8 Å². The molecule has 0 spiro atoms. The number of carbonyl (C=O) groups is 1. The van der Waals surface area contributed by atoms with E-state index in [0.29, 0.717) is 27.1 Å². The van der Waals surface area contributed by atoms with Crippen molar-refractivity contribution in [3.63, 3.8) is 0 Å². The van der Waals surface area contributed by atoms with Crippen LogP contribution in [-0.4, -0.2) is 25.9 Å². The van der Waals surface area contributed by atoms with E-state index in [2.05, 4.69) is 15.5 Å². The van der Waals surface area contributed by atoms with Crippen molar-refractivity contribution in [3.05, 3.63) is 47.1 Å². The van der Waals surface area contributed by atoms with Crippen molar-refractivity contribution in [1.29, 1.82) is 5.26 Å². The average molecular weight is 387 g/mol. The van der Waals surface area contributed by atoms with E-state index >= 15 is 0 Å². The lowest BCUT2D eigenvalue weighted by molar-refractivity contribution is -0.115. The summed E-state index contributed by atoms with van der Waals surface area (Å²) in [5.74, 6) is -0.236. The number of nitrogens with zero attached hydrogens (tertiary/aromatic N) is 4. The van der Waals surface area contributed by atoms with Gasteiger partial charge in [0.2, 0.25) is 5.91 Å². The third kappa shape index (κ3) is 3.61. The van der Waals surface area contributed by atoms with E-state index in [1.807, 2.05) is 6.07 Å².